The van der Waals surface area contributed by atoms with Crippen LogP contribution in [0.5, 0.6) is 0 Å². The minimum atomic E-state index is -4.54. The summed E-state index contributed by atoms with van der Waals surface area (Å²) >= 11 is 0. The lowest BCUT2D eigenvalue weighted by atomic mass is 10.0. The summed E-state index contributed by atoms with van der Waals surface area (Å²) in [6.45, 7) is 2.92. The van der Waals surface area contributed by atoms with Gasteiger partial charge in [-0.3, -0.25) is 9.36 Å². The van der Waals surface area contributed by atoms with Crippen LogP contribution in [0.4, 0.5) is 0 Å². The predicted molar refractivity (Wildman–Crippen MR) is 58.5 cm³/mol. The number of rotatable bonds is 6. The van der Waals surface area contributed by atoms with Gasteiger partial charge in [-0.05, 0) is 12.3 Å². The summed E-state index contributed by atoms with van der Waals surface area (Å²) in [7, 11) is -4.54. The zero-order valence-corrected chi connectivity index (χ0v) is 10.2. The number of nitrogens with one attached hydrogen (secondary N) is 1. The molecule has 96 valence electrons. The van der Waals surface area contributed by atoms with E-state index in [0.29, 0.717) is 6.42 Å². The fourth-order valence-corrected chi connectivity index (χ4v) is 1.63. The highest BCUT2D eigenvalue weighted by Gasteiger charge is 2.31. The second-order valence-corrected chi connectivity index (χ2v) is 5.83. The number of hydrogen-bond acceptors (Lipinski definition) is 4. The number of aliphatic hydroxyl groups is 1. The molecule has 0 aromatic rings. The average molecular weight is 254 g/mol. The van der Waals surface area contributed by atoms with Crippen molar-refractivity contribution in [1.82, 2.24) is 5.32 Å². The molecule has 0 aliphatic rings. The topological polar surface area (TPSA) is 133 Å². The van der Waals surface area contributed by atoms with Crippen LogP contribution in [0.15, 0.2) is 0 Å². The van der Waals surface area contributed by atoms with Crippen LogP contribution in [0.3, 0.4) is 0 Å². The van der Waals surface area contributed by atoms with Crippen molar-refractivity contribution in [3.8, 4) is 0 Å². The molecule has 0 fully saturated rings. The van der Waals surface area contributed by atoms with Gasteiger partial charge in [-0.25, -0.2) is 0 Å². The summed E-state index contributed by atoms with van der Waals surface area (Å²) in [4.78, 5) is 29.0. The predicted octanol–water partition coefficient (Wildman–Crippen LogP) is -1.03. The molecule has 0 aromatic carbocycles. The standard InChI is InChI=1S/C8H19N2O5P/c1-5(2)3-6(9)8(12)10-7(4-11)16(13,14)15/h5-7,11H,3-4,9H2,1-2H3,(H,10,12)(H2,13,14,15)/t6-,7?/m0/s1. The Kier molecular flexibility index (Phi) is 6.14. The molecule has 0 saturated heterocycles. The Labute approximate surface area is 94.2 Å². The molecule has 0 aliphatic carbocycles. The fourth-order valence-electron chi connectivity index (χ4n) is 1.12. The summed E-state index contributed by atoms with van der Waals surface area (Å²) in [6, 6.07) is -0.833. The Balaban J connectivity index is 4.37. The normalized spacial score (nSPS) is 15.9. The SMILES string of the molecule is CC(C)C[C@H](N)C(=O)NC(CO)P(=O)(O)O. The molecular formula is C8H19N2O5P. The number of hydrogen-bond donors (Lipinski definition) is 5. The average Bonchev–Trinajstić information content (AvgIpc) is 2.10. The van der Waals surface area contributed by atoms with Gasteiger partial charge >= 0.3 is 7.60 Å². The number of amides is 1. The molecule has 0 rings (SSSR count). The van der Waals surface area contributed by atoms with E-state index in [1.54, 1.807) is 0 Å². The first-order valence-corrected chi connectivity index (χ1v) is 6.58. The minimum absolute atomic E-state index is 0.198. The lowest BCUT2D eigenvalue weighted by Gasteiger charge is -2.20. The van der Waals surface area contributed by atoms with Crippen LogP contribution < -0.4 is 11.1 Å². The summed E-state index contributed by atoms with van der Waals surface area (Å²) in [5.41, 5.74) is 5.52. The summed E-state index contributed by atoms with van der Waals surface area (Å²) in [5.74, 6) is -2.06. The van der Waals surface area contributed by atoms with Crippen LogP contribution in [-0.2, 0) is 9.36 Å². The molecule has 16 heavy (non-hydrogen) atoms. The Morgan fingerprint density at radius 1 is 1.44 bits per heavy atom. The maximum atomic E-state index is 11.4. The van der Waals surface area contributed by atoms with Crippen molar-refractivity contribution in [3.05, 3.63) is 0 Å². The van der Waals surface area contributed by atoms with Crippen molar-refractivity contribution in [2.24, 2.45) is 11.7 Å². The molecule has 0 radical (unpaired) electrons. The van der Waals surface area contributed by atoms with E-state index >= 15 is 0 Å². The maximum absolute atomic E-state index is 11.4. The zero-order valence-electron chi connectivity index (χ0n) is 9.33. The number of nitrogens with two attached hydrogens (primary N) is 1. The Morgan fingerprint density at radius 2 is 1.94 bits per heavy atom. The molecule has 2 atom stereocenters. The van der Waals surface area contributed by atoms with Crippen molar-refractivity contribution in [3.63, 3.8) is 0 Å². The fraction of sp³-hybridized carbons (Fsp3) is 0.875. The van der Waals surface area contributed by atoms with Crippen LogP contribution in [0.2, 0.25) is 0 Å². The molecule has 1 amide bonds. The summed E-state index contributed by atoms with van der Waals surface area (Å²) in [5, 5.41) is 10.8. The molecular weight excluding hydrogens is 235 g/mol. The third kappa shape index (κ3) is 5.58. The van der Waals surface area contributed by atoms with Gasteiger partial charge in [0.15, 0.2) is 5.78 Å². The molecule has 0 heterocycles. The minimum Gasteiger partial charge on any atom is -0.394 e. The first kappa shape index (κ1) is 15.5. The van der Waals surface area contributed by atoms with Crippen LogP contribution in [0.1, 0.15) is 20.3 Å². The first-order valence-electron chi connectivity index (χ1n) is 4.90. The molecule has 7 nitrogen and oxygen atoms in total. The highest BCUT2D eigenvalue weighted by atomic mass is 31.2. The van der Waals surface area contributed by atoms with Gasteiger partial charge in [-0.1, -0.05) is 13.8 Å². The smallest absolute Gasteiger partial charge is 0.350 e. The highest BCUT2D eigenvalue weighted by Crippen LogP contribution is 2.39. The quantitative estimate of drug-likeness (QED) is 0.385. The second-order valence-electron chi connectivity index (χ2n) is 4.03. The molecule has 0 bridgehead atoms. The van der Waals surface area contributed by atoms with E-state index in [-0.39, 0.29) is 5.92 Å². The van der Waals surface area contributed by atoms with Gasteiger partial charge in [0.05, 0.1) is 12.6 Å². The number of carbonyl (C=O) groups excluding carboxylic acids is 1. The zero-order chi connectivity index (χ0) is 12.9. The first-order chi connectivity index (χ1) is 7.18. The summed E-state index contributed by atoms with van der Waals surface area (Å²) < 4.78 is 10.8. The van der Waals surface area contributed by atoms with Crippen LogP contribution in [-0.4, -0.2) is 39.2 Å². The molecule has 1 unspecified atom stereocenters. The van der Waals surface area contributed by atoms with Crippen LogP contribution in [0, 0.1) is 5.92 Å². The van der Waals surface area contributed by atoms with E-state index in [4.69, 9.17) is 20.6 Å². The largest absolute Gasteiger partial charge is 0.394 e. The van der Waals surface area contributed by atoms with Gasteiger partial charge in [0.25, 0.3) is 0 Å². The Morgan fingerprint density at radius 3 is 2.25 bits per heavy atom. The maximum Gasteiger partial charge on any atom is 0.350 e. The second kappa shape index (κ2) is 6.32. The molecule has 0 aromatic heterocycles. The van der Waals surface area contributed by atoms with Crippen LogP contribution in [0.25, 0.3) is 0 Å². The molecule has 0 aliphatic heterocycles. The van der Waals surface area contributed by atoms with E-state index in [1.165, 1.54) is 0 Å². The molecule has 8 heteroatoms. The Bertz CT molecular complexity index is 278. The number of aliphatic hydroxyl groups excluding tert-OH is 1. The van der Waals surface area contributed by atoms with Gasteiger partial charge in [0.1, 0.15) is 0 Å². The highest BCUT2D eigenvalue weighted by molar-refractivity contribution is 7.52. The van der Waals surface area contributed by atoms with Gasteiger partial charge in [-0.2, -0.15) is 0 Å². The number of carbonyl (C=O) groups is 1. The Hall–Kier alpha value is -0.460. The van der Waals surface area contributed by atoms with Gasteiger partial charge in [0.2, 0.25) is 5.91 Å². The van der Waals surface area contributed by atoms with E-state index < -0.39 is 31.9 Å². The van der Waals surface area contributed by atoms with Gasteiger partial charge in [-0.15, -0.1) is 0 Å². The van der Waals surface area contributed by atoms with Crippen molar-refractivity contribution >= 4 is 13.5 Å². The third-order valence-electron chi connectivity index (χ3n) is 1.95. The lowest BCUT2D eigenvalue weighted by molar-refractivity contribution is -0.123. The molecule has 6 N–H and O–H groups in total. The monoisotopic (exact) mass is 254 g/mol. The van der Waals surface area contributed by atoms with E-state index in [2.05, 4.69) is 0 Å². The van der Waals surface area contributed by atoms with E-state index in [1.807, 2.05) is 19.2 Å². The molecule has 0 saturated carbocycles. The molecule has 0 spiro atoms. The van der Waals surface area contributed by atoms with E-state index in [9.17, 15) is 9.36 Å². The van der Waals surface area contributed by atoms with Crippen molar-refractivity contribution in [2.45, 2.75) is 32.1 Å². The van der Waals surface area contributed by atoms with Crippen molar-refractivity contribution < 1.29 is 24.3 Å². The van der Waals surface area contributed by atoms with Crippen molar-refractivity contribution in [1.29, 1.82) is 0 Å². The van der Waals surface area contributed by atoms with E-state index in [0.717, 1.165) is 0 Å². The van der Waals surface area contributed by atoms with Crippen molar-refractivity contribution in [2.75, 3.05) is 6.61 Å². The third-order valence-corrected chi connectivity index (χ3v) is 3.05. The summed E-state index contributed by atoms with van der Waals surface area (Å²) in [6.07, 6.45) is 0.408. The van der Waals surface area contributed by atoms with Crippen LogP contribution >= 0.6 is 7.60 Å². The van der Waals surface area contributed by atoms with Gasteiger partial charge in [0, 0.05) is 0 Å². The van der Waals surface area contributed by atoms with Gasteiger partial charge < -0.3 is 25.9 Å². The lowest BCUT2D eigenvalue weighted by Crippen LogP contribution is -2.47.